The zero-order valence-electron chi connectivity index (χ0n) is 14.9. The van der Waals surface area contributed by atoms with Crippen molar-refractivity contribution in [2.45, 2.75) is 32.0 Å². The molecule has 1 heterocycles. The van der Waals surface area contributed by atoms with Gasteiger partial charge in [0.25, 0.3) is 0 Å². The van der Waals surface area contributed by atoms with Gasteiger partial charge in [-0.05, 0) is 24.0 Å². The van der Waals surface area contributed by atoms with E-state index in [9.17, 15) is 5.11 Å². The number of aliphatic imine (C=N–C) groups is 1. The predicted octanol–water partition coefficient (Wildman–Crippen LogP) is 1.62. The Kier molecular flexibility index (Phi) is 6.42. The van der Waals surface area contributed by atoms with Gasteiger partial charge >= 0.3 is 0 Å². The summed E-state index contributed by atoms with van der Waals surface area (Å²) in [6.45, 7) is 3.64. The fraction of sp³-hybridized carbons (Fsp3) is 0.611. The third kappa shape index (κ3) is 5.52. The monoisotopic (exact) mass is 318 g/mol. The summed E-state index contributed by atoms with van der Waals surface area (Å²) in [5, 5.41) is 9.57. The van der Waals surface area contributed by atoms with Gasteiger partial charge in [0.1, 0.15) is 0 Å². The second kappa shape index (κ2) is 8.31. The molecule has 0 radical (unpaired) electrons. The number of hydrogen-bond acceptors (Lipinski definition) is 3. The highest BCUT2D eigenvalue weighted by Crippen LogP contribution is 2.14. The molecule has 0 atom stereocenters. The van der Waals surface area contributed by atoms with E-state index in [1.807, 2.05) is 38.0 Å². The van der Waals surface area contributed by atoms with Gasteiger partial charge in [0.05, 0.1) is 12.6 Å². The molecule has 1 aliphatic rings. The molecule has 128 valence electrons. The summed E-state index contributed by atoms with van der Waals surface area (Å²) in [5.41, 5.74) is 2.55. The maximum Gasteiger partial charge on any atom is 0.195 e. The lowest BCUT2D eigenvalue weighted by Gasteiger charge is -2.29. The molecule has 1 aliphatic heterocycles. The van der Waals surface area contributed by atoms with Crippen molar-refractivity contribution in [3.05, 3.63) is 35.4 Å². The molecular formula is C18H30N4O. The number of likely N-dealkylation sites (tertiary alicyclic amines) is 1. The van der Waals surface area contributed by atoms with Gasteiger partial charge in [-0.25, -0.2) is 4.99 Å². The van der Waals surface area contributed by atoms with Gasteiger partial charge in [-0.3, -0.25) is 4.90 Å². The van der Waals surface area contributed by atoms with Crippen LogP contribution in [0.3, 0.4) is 0 Å². The molecule has 0 bridgehead atoms. The Morgan fingerprint density at radius 3 is 2.09 bits per heavy atom. The first-order valence-electron chi connectivity index (χ1n) is 8.33. The molecule has 0 aliphatic carbocycles. The maximum atomic E-state index is 9.57. The van der Waals surface area contributed by atoms with Crippen LogP contribution in [0.15, 0.2) is 29.3 Å². The minimum absolute atomic E-state index is 0.103. The number of rotatable bonds is 4. The molecule has 1 N–H and O–H groups in total. The van der Waals surface area contributed by atoms with Crippen LogP contribution in [0.25, 0.3) is 0 Å². The van der Waals surface area contributed by atoms with Crippen molar-refractivity contribution in [1.82, 2.24) is 14.7 Å². The van der Waals surface area contributed by atoms with Crippen LogP contribution in [0.2, 0.25) is 0 Å². The number of aliphatic hydroxyl groups excluding tert-OH is 1. The molecule has 0 saturated carbocycles. The van der Waals surface area contributed by atoms with Crippen molar-refractivity contribution in [3.8, 4) is 0 Å². The summed E-state index contributed by atoms with van der Waals surface area (Å²) in [4.78, 5) is 11.1. The maximum absolute atomic E-state index is 9.57. The summed E-state index contributed by atoms with van der Waals surface area (Å²) >= 11 is 0. The van der Waals surface area contributed by atoms with Crippen molar-refractivity contribution in [3.63, 3.8) is 0 Å². The average molecular weight is 318 g/mol. The van der Waals surface area contributed by atoms with Gasteiger partial charge in [0, 0.05) is 47.8 Å². The van der Waals surface area contributed by atoms with Crippen molar-refractivity contribution >= 4 is 5.96 Å². The fourth-order valence-corrected chi connectivity index (χ4v) is 2.93. The van der Waals surface area contributed by atoms with Crippen molar-refractivity contribution < 1.29 is 5.11 Å². The van der Waals surface area contributed by atoms with E-state index >= 15 is 0 Å². The van der Waals surface area contributed by atoms with E-state index in [-0.39, 0.29) is 6.10 Å². The van der Waals surface area contributed by atoms with Crippen LogP contribution < -0.4 is 0 Å². The minimum atomic E-state index is -0.103. The van der Waals surface area contributed by atoms with E-state index in [1.54, 1.807) is 0 Å². The van der Waals surface area contributed by atoms with Gasteiger partial charge < -0.3 is 14.9 Å². The van der Waals surface area contributed by atoms with Crippen LogP contribution in [-0.4, -0.2) is 73.1 Å². The number of benzene rings is 1. The zero-order chi connectivity index (χ0) is 16.8. The molecule has 1 aromatic rings. The highest BCUT2D eigenvalue weighted by molar-refractivity contribution is 5.79. The molecule has 0 aromatic heterocycles. The van der Waals surface area contributed by atoms with Crippen LogP contribution in [0.4, 0.5) is 0 Å². The Bertz CT molecular complexity index is 492. The molecule has 0 amide bonds. The Hall–Kier alpha value is -1.59. The van der Waals surface area contributed by atoms with Crippen molar-refractivity contribution in [2.75, 3.05) is 41.3 Å². The van der Waals surface area contributed by atoms with Crippen LogP contribution in [0.1, 0.15) is 24.0 Å². The van der Waals surface area contributed by atoms with Crippen molar-refractivity contribution in [1.29, 1.82) is 0 Å². The number of hydrogen-bond donors (Lipinski definition) is 1. The highest BCUT2D eigenvalue weighted by Gasteiger charge is 2.16. The minimum Gasteiger partial charge on any atom is -0.393 e. The van der Waals surface area contributed by atoms with E-state index in [0.717, 1.165) is 38.4 Å². The molecule has 1 aromatic carbocycles. The molecule has 5 nitrogen and oxygen atoms in total. The van der Waals surface area contributed by atoms with E-state index in [1.165, 1.54) is 11.1 Å². The Labute approximate surface area is 140 Å². The van der Waals surface area contributed by atoms with E-state index in [4.69, 9.17) is 0 Å². The predicted molar refractivity (Wildman–Crippen MR) is 95.5 cm³/mol. The largest absolute Gasteiger partial charge is 0.393 e. The summed E-state index contributed by atoms with van der Waals surface area (Å²) < 4.78 is 0. The van der Waals surface area contributed by atoms with Crippen LogP contribution in [0, 0.1) is 0 Å². The van der Waals surface area contributed by atoms with Gasteiger partial charge in [-0.2, -0.15) is 0 Å². The third-order valence-electron chi connectivity index (χ3n) is 4.19. The number of aliphatic hydroxyl groups is 1. The summed E-state index contributed by atoms with van der Waals surface area (Å²) in [6.07, 6.45) is 1.68. The van der Waals surface area contributed by atoms with Gasteiger partial charge in [0.2, 0.25) is 0 Å². The van der Waals surface area contributed by atoms with Crippen LogP contribution in [-0.2, 0) is 13.1 Å². The molecule has 1 saturated heterocycles. The molecule has 23 heavy (non-hydrogen) atoms. The number of piperidine rings is 1. The van der Waals surface area contributed by atoms with E-state index < -0.39 is 0 Å². The molecule has 0 unspecified atom stereocenters. The second-order valence-electron chi connectivity index (χ2n) is 6.73. The normalized spacial score (nSPS) is 16.2. The SMILES string of the molecule is CN(C)C(=NCc1ccc(CN2CCC(O)CC2)cc1)N(C)C. The Morgan fingerprint density at radius 2 is 1.57 bits per heavy atom. The molecule has 1 fully saturated rings. The zero-order valence-corrected chi connectivity index (χ0v) is 14.9. The highest BCUT2D eigenvalue weighted by atomic mass is 16.3. The molecular weight excluding hydrogens is 288 g/mol. The standard InChI is InChI=1S/C18H30N4O/c1-20(2)18(21(3)4)19-13-15-5-7-16(8-6-15)14-22-11-9-17(23)10-12-22/h5-8,17,23H,9-14H2,1-4H3. The molecule has 2 rings (SSSR count). The number of guanidine groups is 1. The first kappa shape index (κ1) is 17.8. The lowest BCUT2D eigenvalue weighted by Crippen LogP contribution is -2.35. The van der Waals surface area contributed by atoms with E-state index in [0.29, 0.717) is 6.54 Å². The first-order chi connectivity index (χ1) is 11.0. The lowest BCUT2D eigenvalue weighted by molar-refractivity contribution is 0.0792. The smallest absolute Gasteiger partial charge is 0.195 e. The average Bonchev–Trinajstić information content (AvgIpc) is 2.51. The van der Waals surface area contributed by atoms with Gasteiger partial charge in [-0.15, -0.1) is 0 Å². The lowest BCUT2D eigenvalue weighted by atomic mass is 10.1. The summed E-state index contributed by atoms with van der Waals surface area (Å²) in [6, 6.07) is 8.73. The molecule has 0 spiro atoms. The Morgan fingerprint density at radius 1 is 1.04 bits per heavy atom. The fourth-order valence-electron chi connectivity index (χ4n) is 2.93. The van der Waals surface area contributed by atoms with Crippen LogP contribution >= 0.6 is 0 Å². The topological polar surface area (TPSA) is 42.3 Å². The van der Waals surface area contributed by atoms with E-state index in [2.05, 4.69) is 34.2 Å². The Balaban J connectivity index is 1.90. The second-order valence-corrected chi connectivity index (χ2v) is 6.73. The van der Waals surface area contributed by atoms with Crippen molar-refractivity contribution in [2.24, 2.45) is 4.99 Å². The van der Waals surface area contributed by atoms with Gasteiger partial charge in [0.15, 0.2) is 5.96 Å². The number of nitrogens with zero attached hydrogens (tertiary/aromatic N) is 4. The van der Waals surface area contributed by atoms with Crippen LogP contribution in [0.5, 0.6) is 0 Å². The quantitative estimate of drug-likeness (QED) is 0.677. The third-order valence-corrected chi connectivity index (χ3v) is 4.19. The summed E-state index contributed by atoms with van der Waals surface area (Å²) in [5.74, 6) is 0.973. The summed E-state index contributed by atoms with van der Waals surface area (Å²) in [7, 11) is 8.05. The molecule has 5 heteroatoms. The first-order valence-corrected chi connectivity index (χ1v) is 8.33. The van der Waals surface area contributed by atoms with Gasteiger partial charge in [-0.1, -0.05) is 24.3 Å².